The predicted octanol–water partition coefficient (Wildman–Crippen LogP) is 16.7. The molecule has 0 bridgehead atoms. The zero-order valence-electron chi connectivity index (χ0n) is 39.7. The summed E-state index contributed by atoms with van der Waals surface area (Å²) in [6.45, 7) is 6.49. The van der Waals surface area contributed by atoms with Gasteiger partial charge in [-0.2, -0.15) is 0 Å². The summed E-state index contributed by atoms with van der Waals surface area (Å²) < 4.78 is 16.7. The average molecular weight is 841 g/mol. The van der Waals surface area contributed by atoms with Gasteiger partial charge in [0.15, 0.2) is 6.10 Å². The van der Waals surface area contributed by atoms with Gasteiger partial charge < -0.3 is 14.2 Å². The van der Waals surface area contributed by atoms with Gasteiger partial charge in [0.25, 0.3) is 0 Å². The van der Waals surface area contributed by atoms with E-state index in [4.69, 9.17) is 14.2 Å². The van der Waals surface area contributed by atoms with Crippen LogP contribution in [0.15, 0.2) is 48.6 Å². The molecule has 0 heterocycles. The van der Waals surface area contributed by atoms with Gasteiger partial charge in [0.05, 0.1) is 0 Å². The first kappa shape index (κ1) is 57.4. The van der Waals surface area contributed by atoms with E-state index in [1.807, 2.05) is 0 Å². The van der Waals surface area contributed by atoms with Crippen molar-refractivity contribution in [3.05, 3.63) is 48.6 Å². The number of allylic oxidation sites excluding steroid dienone is 8. The molecule has 1 atom stereocenters. The molecular weight excluding hydrogens is 745 g/mol. The number of hydrogen-bond acceptors (Lipinski definition) is 6. The maximum Gasteiger partial charge on any atom is 0.306 e. The van der Waals surface area contributed by atoms with E-state index in [1.54, 1.807) is 0 Å². The van der Waals surface area contributed by atoms with Crippen molar-refractivity contribution in [1.29, 1.82) is 0 Å². The van der Waals surface area contributed by atoms with Crippen molar-refractivity contribution in [2.24, 2.45) is 0 Å². The van der Waals surface area contributed by atoms with Gasteiger partial charge in [-0.15, -0.1) is 0 Å². The minimum absolute atomic E-state index is 0.0782. The summed E-state index contributed by atoms with van der Waals surface area (Å²) in [4.78, 5) is 37.8. The summed E-state index contributed by atoms with van der Waals surface area (Å²) in [5.41, 5.74) is 0. The maximum atomic E-state index is 12.8. The molecule has 0 fully saturated rings. The molecule has 6 nitrogen and oxygen atoms in total. The van der Waals surface area contributed by atoms with Crippen molar-refractivity contribution in [3.8, 4) is 0 Å². The van der Waals surface area contributed by atoms with E-state index in [9.17, 15) is 14.4 Å². The quantitative estimate of drug-likeness (QED) is 0.0263. The van der Waals surface area contributed by atoms with Crippen molar-refractivity contribution in [2.45, 2.75) is 264 Å². The Labute approximate surface area is 371 Å². The number of hydrogen-bond donors (Lipinski definition) is 0. The SMILES string of the molecule is CC/C=C\C/C=C\C/C=C\C/C=C\CCCCCCC(=O)OCC(COC(=O)CCCCCCCCCC)OC(=O)CCCCCCCCCCCCCCCCCCC. The van der Waals surface area contributed by atoms with Gasteiger partial charge in [-0.25, -0.2) is 0 Å². The van der Waals surface area contributed by atoms with Crippen LogP contribution < -0.4 is 0 Å². The van der Waals surface area contributed by atoms with Crippen molar-refractivity contribution in [1.82, 2.24) is 0 Å². The minimum Gasteiger partial charge on any atom is -0.462 e. The summed E-state index contributed by atoms with van der Waals surface area (Å²) in [7, 11) is 0. The van der Waals surface area contributed by atoms with Gasteiger partial charge in [0, 0.05) is 19.3 Å². The van der Waals surface area contributed by atoms with Gasteiger partial charge in [0.2, 0.25) is 0 Å². The fourth-order valence-corrected chi connectivity index (χ4v) is 7.26. The molecule has 60 heavy (non-hydrogen) atoms. The zero-order valence-corrected chi connectivity index (χ0v) is 39.7. The van der Waals surface area contributed by atoms with Crippen molar-refractivity contribution in [3.63, 3.8) is 0 Å². The van der Waals surface area contributed by atoms with E-state index in [0.717, 1.165) is 96.3 Å². The fraction of sp³-hybridized carbons (Fsp3) is 0.796. The third kappa shape index (κ3) is 46.4. The third-order valence-electron chi connectivity index (χ3n) is 11.1. The Morgan fingerprint density at radius 3 is 1.02 bits per heavy atom. The lowest BCUT2D eigenvalue weighted by molar-refractivity contribution is -0.167. The molecule has 6 heteroatoms. The van der Waals surface area contributed by atoms with Crippen LogP contribution in [0.2, 0.25) is 0 Å². The minimum atomic E-state index is -0.777. The second kappa shape index (κ2) is 49.0. The lowest BCUT2D eigenvalue weighted by Crippen LogP contribution is -2.30. The second-order valence-electron chi connectivity index (χ2n) is 17.1. The molecule has 0 aromatic heterocycles. The molecule has 0 aliphatic rings. The Bertz CT molecular complexity index is 1060. The number of carbonyl (C=O) groups excluding carboxylic acids is 3. The Hall–Kier alpha value is -2.63. The van der Waals surface area contributed by atoms with E-state index in [-0.39, 0.29) is 31.1 Å². The molecule has 0 aromatic rings. The first-order chi connectivity index (χ1) is 29.5. The monoisotopic (exact) mass is 841 g/mol. The van der Waals surface area contributed by atoms with Gasteiger partial charge >= 0.3 is 17.9 Å². The maximum absolute atomic E-state index is 12.8. The predicted molar refractivity (Wildman–Crippen MR) is 256 cm³/mol. The van der Waals surface area contributed by atoms with Crippen LogP contribution in [-0.4, -0.2) is 37.2 Å². The Morgan fingerprint density at radius 1 is 0.350 bits per heavy atom. The number of ether oxygens (including phenoxy) is 3. The lowest BCUT2D eigenvalue weighted by Gasteiger charge is -2.18. The molecular formula is C54H96O6. The summed E-state index contributed by atoms with van der Waals surface area (Å²) in [6.07, 6.45) is 58.2. The first-order valence-corrected chi connectivity index (χ1v) is 25.6. The molecule has 0 saturated carbocycles. The zero-order chi connectivity index (χ0) is 43.7. The molecule has 0 N–H and O–H groups in total. The molecule has 0 amide bonds. The van der Waals surface area contributed by atoms with Crippen LogP contribution in [-0.2, 0) is 28.6 Å². The van der Waals surface area contributed by atoms with E-state index in [0.29, 0.717) is 19.3 Å². The highest BCUT2D eigenvalue weighted by molar-refractivity contribution is 5.71. The second-order valence-corrected chi connectivity index (χ2v) is 17.1. The van der Waals surface area contributed by atoms with Crippen molar-refractivity contribution >= 4 is 17.9 Å². The molecule has 0 aliphatic carbocycles. The molecule has 0 saturated heterocycles. The number of rotatable bonds is 46. The topological polar surface area (TPSA) is 78.9 Å². The lowest BCUT2D eigenvalue weighted by atomic mass is 10.0. The van der Waals surface area contributed by atoms with E-state index in [1.165, 1.54) is 122 Å². The number of esters is 3. The van der Waals surface area contributed by atoms with Crippen LogP contribution in [0.25, 0.3) is 0 Å². The normalized spacial score (nSPS) is 12.4. The third-order valence-corrected chi connectivity index (χ3v) is 11.1. The van der Waals surface area contributed by atoms with E-state index < -0.39 is 6.10 Å². The van der Waals surface area contributed by atoms with Crippen molar-refractivity contribution in [2.75, 3.05) is 13.2 Å². The molecule has 0 aliphatic heterocycles. The highest BCUT2D eigenvalue weighted by Gasteiger charge is 2.19. The number of carbonyl (C=O) groups is 3. The Balaban J connectivity index is 4.31. The molecule has 348 valence electrons. The Morgan fingerprint density at radius 2 is 0.650 bits per heavy atom. The Kier molecular flexibility index (Phi) is 46.9. The van der Waals surface area contributed by atoms with Crippen LogP contribution in [0.3, 0.4) is 0 Å². The number of unbranched alkanes of at least 4 members (excludes halogenated alkanes) is 27. The van der Waals surface area contributed by atoms with Gasteiger partial charge in [-0.05, 0) is 57.8 Å². The molecule has 0 rings (SSSR count). The summed E-state index contributed by atoms with van der Waals surface area (Å²) in [5, 5.41) is 0. The highest BCUT2D eigenvalue weighted by Crippen LogP contribution is 2.16. The molecule has 0 radical (unpaired) electrons. The average Bonchev–Trinajstić information content (AvgIpc) is 3.24. The largest absolute Gasteiger partial charge is 0.462 e. The van der Waals surface area contributed by atoms with Gasteiger partial charge in [-0.3, -0.25) is 14.4 Å². The molecule has 0 spiro atoms. The van der Waals surface area contributed by atoms with Crippen LogP contribution in [0, 0.1) is 0 Å². The van der Waals surface area contributed by atoms with Gasteiger partial charge in [0.1, 0.15) is 13.2 Å². The van der Waals surface area contributed by atoms with E-state index in [2.05, 4.69) is 69.4 Å². The molecule has 0 aromatic carbocycles. The molecule has 1 unspecified atom stereocenters. The van der Waals surface area contributed by atoms with Crippen LogP contribution in [0.4, 0.5) is 0 Å². The van der Waals surface area contributed by atoms with Crippen molar-refractivity contribution < 1.29 is 28.6 Å². The summed E-state index contributed by atoms with van der Waals surface area (Å²) >= 11 is 0. The summed E-state index contributed by atoms with van der Waals surface area (Å²) in [6, 6.07) is 0. The van der Waals surface area contributed by atoms with Crippen LogP contribution >= 0.6 is 0 Å². The van der Waals surface area contributed by atoms with Crippen LogP contribution in [0.5, 0.6) is 0 Å². The summed E-state index contributed by atoms with van der Waals surface area (Å²) in [5.74, 6) is -0.899. The van der Waals surface area contributed by atoms with E-state index >= 15 is 0 Å². The standard InChI is InChI=1S/C54H96O6/c1-4-7-10-13-16-19-21-23-25-27-29-31-33-35-38-41-44-47-53(56)59-50-51(49-58-52(55)46-43-40-37-18-15-12-9-6-3)60-54(57)48-45-42-39-36-34-32-30-28-26-24-22-20-17-14-11-8-5-2/h7,10,16,19,23,25,29,31,51H,4-6,8-9,11-15,17-18,20-22,24,26-28,30,32-50H2,1-3H3/b10-7-,19-16-,25-23-,31-29-. The first-order valence-electron chi connectivity index (χ1n) is 25.6. The van der Waals surface area contributed by atoms with Gasteiger partial charge in [-0.1, -0.05) is 230 Å². The fourth-order valence-electron chi connectivity index (χ4n) is 7.26. The smallest absolute Gasteiger partial charge is 0.306 e. The van der Waals surface area contributed by atoms with Crippen LogP contribution in [0.1, 0.15) is 258 Å². The highest BCUT2D eigenvalue weighted by atomic mass is 16.6.